The number of rotatable bonds is 1. The topological polar surface area (TPSA) is 35.2 Å². The molecule has 0 aliphatic carbocycles. The van der Waals surface area contributed by atoms with Crippen molar-refractivity contribution >= 4 is 16.7 Å². The van der Waals surface area contributed by atoms with Gasteiger partial charge >= 0.3 is 0 Å². The molecule has 0 bridgehead atoms. The van der Waals surface area contributed by atoms with Crippen LogP contribution in [0.4, 0.5) is 5.69 Å². The summed E-state index contributed by atoms with van der Waals surface area (Å²) in [5.74, 6) is 0. The lowest BCUT2D eigenvalue weighted by atomic mass is 10.1. The molecule has 2 aromatic heterocycles. The van der Waals surface area contributed by atoms with Crippen LogP contribution in [0.2, 0.25) is 0 Å². The molecule has 18 heavy (non-hydrogen) atoms. The molecule has 1 saturated heterocycles. The minimum Gasteiger partial charge on any atom is -0.371 e. The van der Waals surface area contributed by atoms with Gasteiger partial charge in [-0.15, -0.1) is 0 Å². The van der Waals surface area contributed by atoms with E-state index in [1.807, 2.05) is 12.3 Å². The van der Waals surface area contributed by atoms with E-state index in [2.05, 4.69) is 44.3 Å². The van der Waals surface area contributed by atoms with Crippen molar-refractivity contribution in [2.24, 2.45) is 0 Å². The minimum atomic E-state index is 0.646. The zero-order chi connectivity index (χ0) is 11.9. The fraction of sp³-hybridized carbons (Fsp3) is 0.357. The summed E-state index contributed by atoms with van der Waals surface area (Å²) in [6.45, 7) is 3.28. The zero-order valence-corrected chi connectivity index (χ0v) is 10.2. The molecule has 4 nitrogen and oxygen atoms in total. The van der Waals surface area contributed by atoms with E-state index in [4.69, 9.17) is 0 Å². The predicted octanol–water partition coefficient (Wildman–Crippen LogP) is 1.97. The smallest absolute Gasteiger partial charge is 0.111 e. The average Bonchev–Trinajstić information content (AvgIpc) is 3.04. The number of hydrogen-bond acceptors (Lipinski definition) is 3. The van der Waals surface area contributed by atoms with Gasteiger partial charge in [-0.25, -0.2) is 0 Å². The van der Waals surface area contributed by atoms with Crippen molar-refractivity contribution < 1.29 is 0 Å². The van der Waals surface area contributed by atoms with Crippen molar-refractivity contribution in [1.29, 1.82) is 0 Å². The first-order chi connectivity index (χ1) is 8.92. The molecule has 0 amide bonds. The molecule has 0 radical (unpaired) electrons. The molecule has 0 saturated carbocycles. The average molecular weight is 240 g/mol. The van der Waals surface area contributed by atoms with Crippen LogP contribution < -0.4 is 4.90 Å². The summed E-state index contributed by atoms with van der Waals surface area (Å²) in [7, 11) is 0. The lowest BCUT2D eigenvalue weighted by Gasteiger charge is -2.39. The van der Waals surface area contributed by atoms with Crippen LogP contribution in [0.15, 0.2) is 36.8 Å². The quantitative estimate of drug-likeness (QED) is 0.827. The Kier molecular flexibility index (Phi) is 2.09. The highest BCUT2D eigenvalue weighted by atomic mass is 15.3. The molecule has 4 heterocycles. The van der Waals surface area contributed by atoms with Gasteiger partial charge in [-0.3, -0.25) is 4.98 Å². The van der Waals surface area contributed by atoms with Gasteiger partial charge in [0.05, 0.1) is 11.2 Å². The van der Waals surface area contributed by atoms with Crippen molar-refractivity contribution in [2.75, 3.05) is 24.5 Å². The summed E-state index contributed by atoms with van der Waals surface area (Å²) in [6.07, 6.45) is 9.66. The molecule has 0 spiro atoms. The maximum Gasteiger partial charge on any atom is 0.111 e. The first-order valence-electron chi connectivity index (χ1n) is 6.51. The third-order valence-electron chi connectivity index (χ3n) is 3.99. The molecule has 1 atom stereocenters. The van der Waals surface area contributed by atoms with Crippen molar-refractivity contribution in [1.82, 2.24) is 14.9 Å². The normalized spacial score (nSPS) is 22.8. The van der Waals surface area contributed by atoms with E-state index in [0.29, 0.717) is 6.04 Å². The Morgan fingerprint density at radius 3 is 3.33 bits per heavy atom. The summed E-state index contributed by atoms with van der Waals surface area (Å²) in [6, 6.07) is 4.70. The summed E-state index contributed by atoms with van der Waals surface area (Å²) >= 11 is 0. The maximum absolute atomic E-state index is 4.50. The Morgan fingerprint density at radius 1 is 1.33 bits per heavy atom. The van der Waals surface area contributed by atoms with Crippen LogP contribution in [0.1, 0.15) is 6.42 Å². The van der Waals surface area contributed by atoms with Gasteiger partial charge in [0.25, 0.3) is 0 Å². The third kappa shape index (κ3) is 1.41. The Balaban J connectivity index is 1.67. The fourth-order valence-electron chi connectivity index (χ4n) is 3.03. The number of H-pyrrole nitrogens is 1. The highest BCUT2D eigenvalue weighted by Gasteiger charge is 2.28. The number of pyridine rings is 1. The molecule has 1 unspecified atom stereocenters. The monoisotopic (exact) mass is 240 g/mol. The lowest BCUT2D eigenvalue weighted by Crippen LogP contribution is -2.49. The second-order valence-electron chi connectivity index (χ2n) is 5.03. The van der Waals surface area contributed by atoms with E-state index < -0.39 is 0 Å². The number of nitrogens with one attached hydrogen (secondary N) is 1. The molecule has 4 rings (SSSR count). The fourth-order valence-corrected chi connectivity index (χ4v) is 3.03. The van der Waals surface area contributed by atoms with E-state index >= 15 is 0 Å². The maximum atomic E-state index is 4.50. The van der Waals surface area contributed by atoms with Gasteiger partial charge in [0.15, 0.2) is 0 Å². The number of nitrogens with zero attached hydrogens (tertiary/aromatic N) is 3. The van der Waals surface area contributed by atoms with Crippen LogP contribution in [0.3, 0.4) is 0 Å². The number of anilines is 1. The SMILES string of the molecule is C1=CN2CCN(c3c[nH]c4cccnc34)CC2C1. The predicted molar refractivity (Wildman–Crippen MR) is 72.6 cm³/mol. The summed E-state index contributed by atoms with van der Waals surface area (Å²) < 4.78 is 0. The molecule has 2 aromatic rings. The minimum absolute atomic E-state index is 0.646. The Hall–Kier alpha value is -1.97. The molecule has 1 fully saturated rings. The summed E-state index contributed by atoms with van der Waals surface area (Å²) in [5.41, 5.74) is 3.47. The van der Waals surface area contributed by atoms with Gasteiger partial charge in [0, 0.05) is 38.1 Å². The Bertz CT molecular complexity index is 601. The second-order valence-corrected chi connectivity index (χ2v) is 5.03. The van der Waals surface area contributed by atoms with Crippen molar-refractivity contribution in [2.45, 2.75) is 12.5 Å². The number of hydrogen-bond donors (Lipinski definition) is 1. The largest absolute Gasteiger partial charge is 0.371 e. The van der Waals surface area contributed by atoms with Crippen LogP contribution in [0.5, 0.6) is 0 Å². The first kappa shape index (κ1) is 10.00. The van der Waals surface area contributed by atoms with E-state index in [9.17, 15) is 0 Å². The first-order valence-corrected chi connectivity index (χ1v) is 6.51. The van der Waals surface area contributed by atoms with E-state index in [1.54, 1.807) is 0 Å². The van der Waals surface area contributed by atoms with Crippen molar-refractivity contribution in [3.8, 4) is 0 Å². The van der Waals surface area contributed by atoms with Crippen molar-refractivity contribution in [3.63, 3.8) is 0 Å². The molecule has 2 aliphatic rings. The number of aromatic amines is 1. The number of piperazine rings is 1. The Morgan fingerprint density at radius 2 is 2.33 bits per heavy atom. The Labute approximate surface area is 106 Å². The van der Waals surface area contributed by atoms with Gasteiger partial charge in [-0.2, -0.15) is 0 Å². The highest BCUT2D eigenvalue weighted by molar-refractivity contribution is 5.89. The molecule has 92 valence electrons. The number of fused-ring (bicyclic) bond motifs is 2. The van der Waals surface area contributed by atoms with Crippen molar-refractivity contribution in [3.05, 3.63) is 36.8 Å². The summed E-state index contributed by atoms with van der Waals surface area (Å²) in [5, 5.41) is 0. The van der Waals surface area contributed by atoms with Crippen LogP contribution in [0.25, 0.3) is 11.0 Å². The van der Waals surface area contributed by atoms with Crippen LogP contribution in [-0.4, -0.2) is 40.5 Å². The van der Waals surface area contributed by atoms with Crippen LogP contribution in [0, 0.1) is 0 Å². The highest BCUT2D eigenvalue weighted by Crippen LogP contribution is 2.28. The molecule has 1 N–H and O–H groups in total. The second kappa shape index (κ2) is 3.77. The third-order valence-corrected chi connectivity index (χ3v) is 3.99. The molecular formula is C14H16N4. The number of aromatic nitrogens is 2. The van der Waals surface area contributed by atoms with Gasteiger partial charge in [-0.1, -0.05) is 6.08 Å². The molecule has 2 aliphatic heterocycles. The zero-order valence-electron chi connectivity index (χ0n) is 10.2. The van der Waals surface area contributed by atoms with Gasteiger partial charge < -0.3 is 14.8 Å². The van der Waals surface area contributed by atoms with Gasteiger partial charge in [0.2, 0.25) is 0 Å². The van der Waals surface area contributed by atoms with Crippen LogP contribution in [-0.2, 0) is 0 Å². The van der Waals surface area contributed by atoms with E-state index in [0.717, 1.165) is 30.7 Å². The molecule has 4 heteroatoms. The van der Waals surface area contributed by atoms with Gasteiger partial charge in [-0.05, 0) is 24.8 Å². The van der Waals surface area contributed by atoms with E-state index in [-0.39, 0.29) is 0 Å². The van der Waals surface area contributed by atoms with Crippen LogP contribution >= 0.6 is 0 Å². The summed E-state index contributed by atoms with van der Waals surface area (Å²) in [4.78, 5) is 12.7. The lowest BCUT2D eigenvalue weighted by molar-refractivity contribution is 0.271. The van der Waals surface area contributed by atoms with Gasteiger partial charge in [0.1, 0.15) is 5.52 Å². The standard InChI is InChI=1S/C14H16N4/c1-4-12-14(15-5-1)13(9-16-12)18-8-7-17-6-2-3-11(17)10-18/h1-2,4-6,9,11,16H,3,7-8,10H2. The van der Waals surface area contributed by atoms with E-state index in [1.165, 1.54) is 12.1 Å². The molecule has 0 aromatic carbocycles. The molecular weight excluding hydrogens is 224 g/mol.